The Morgan fingerprint density at radius 3 is 2.58 bits per heavy atom. The van der Waals surface area contributed by atoms with Crippen molar-refractivity contribution >= 4 is 11.1 Å². The lowest BCUT2D eigenvalue weighted by atomic mass is 9.86. The second-order valence-electron chi connectivity index (χ2n) is 9.55. The minimum absolute atomic E-state index is 0.177. The molecule has 2 aliphatic heterocycles. The molecule has 0 saturated carbocycles. The van der Waals surface area contributed by atoms with Crippen molar-refractivity contribution in [1.82, 2.24) is 4.90 Å². The molecule has 1 saturated heterocycles. The molecule has 2 N–H and O–H groups in total. The zero-order valence-corrected chi connectivity index (χ0v) is 20.5. The van der Waals surface area contributed by atoms with E-state index >= 15 is 0 Å². The Balaban J connectivity index is 1.35. The normalized spacial score (nSPS) is 20.4. The number of fused-ring (bicyclic) bond motifs is 1. The topological polar surface area (TPSA) is 62.2 Å². The summed E-state index contributed by atoms with van der Waals surface area (Å²) >= 11 is 0. The van der Waals surface area contributed by atoms with Gasteiger partial charge in [0, 0.05) is 24.2 Å². The third kappa shape index (κ3) is 5.34. The highest BCUT2D eigenvalue weighted by atomic mass is 19.1. The van der Waals surface area contributed by atoms with Crippen LogP contribution in [0.2, 0.25) is 0 Å². The second kappa shape index (κ2) is 10.6. The number of likely N-dealkylation sites (tertiary alicyclic amines) is 1. The molecule has 1 fully saturated rings. The Labute approximate surface area is 211 Å². The first kappa shape index (κ1) is 24.2. The van der Waals surface area contributed by atoms with Gasteiger partial charge in [-0.15, -0.1) is 0 Å². The molecule has 5 nitrogen and oxygen atoms in total. The fourth-order valence-corrected chi connectivity index (χ4v) is 5.09. The van der Waals surface area contributed by atoms with Crippen molar-refractivity contribution < 1.29 is 24.1 Å². The van der Waals surface area contributed by atoms with Gasteiger partial charge in [0.25, 0.3) is 0 Å². The van der Waals surface area contributed by atoms with Crippen molar-refractivity contribution in [2.75, 3.05) is 26.2 Å². The number of ether oxygens (including phenoxy) is 2. The molecule has 0 bridgehead atoms. The number of halogens is 1. The zero-order chi connectivity index (χ0) is 25.1. The standard InChI is InChI=1S/C30H32FNO4/c1-20-27-19-25(34)9-12-28(27)36-30(29(20)22-4-2-6-24(33)18-22)21-7-10-26(11-8-21)35-17-16-32-14-3-5-23(31)13-15-32/h2,4,6-12,18-19,23,30,33-34H,3,5,13-17H2,1H3/t23-,30?/m1/s1. The third-order valence-electron chi connectivity index (χ3n) is 7.04. The number of rotatable bonds is 6. The van der Waals surface area contributed by atoms with Gasteiger partial charge in [0.1, 0.15) is 41.9 Å². The van der Waals surface area contributed by atoms with Crippen molar-refractivity contribution in [1.29, 1.82) is 0 Å². The molecule has 0 amide bonds. The van der Waals surface area contributed by atoms with E-state index in [0.29, 0.717) is 25.2 Å². The van der Waals surface area contributed by atoms with E-state index in [1.807, 2.05) is 43.3 Å². The highest BCUT2D eigenvalue weighted by Gasteiger charge is 2.29. The van der Waals surface area contributed by atoms with Gasteiger partial charge in [-0.2, -0.15) is 0 Å². The van der Waals surface area contributed by atoms with E-state index in [2.05, 4.69) is 4.90 Å². The van der Waals surface area contributed by atoms with Crippen molar-refractivity contribution in [3.8, 4) is 23.0 Å². The first-order valence-electron chi connectivity index (χ1n) is 12.6. The van der Waals surface area contributed by atoms with Crippen LogP contribution >= 0.6 is 0 Å². The third-order valence-corrected chi connectivity index (χ3v) is 7.04. The average Bonchev–Trinajstić information content (AvgIpc) is 3.08. The summed E-state index contributed by atoms with van der Waals surface area (Å²) in [6.45, 7) is 5.06. The van der Waals surface area contributed by atoms with Crippen molar-refractivity contribution in [2.24, 2.45) is 0 Å². The molecule has 3 aromatic rings. The Kier molecular flexibility index (Phi) is 7.14. The van der Waals surface area contributed by atoms with Crippen LogP contribution in [-0.4, -0.2) is 47.5 Å². The van der Waals surface area contributed by atoms with E-state index in [0.717, 1.165) is 59.6 Å². The average molecular weight is 490 g/mol. The molecular formula is C30H32FNO4. The maximum absolute atomic E-state index is 13.6. The van der Waals surface area contributed by atoms with Crippen LogP contribution in [0.15, 0.2) is 66.7 Å². The lowest BCUT2D eigenvalue weighted by molar-refractivity contribution is 0.208. The fourth-order valence-electron chi connectivity index (χ4n) is 5.09. The Morgan fingerprint density at radius 1 is 0.972 bits per heavy atom. The molecule has 0 spiro atoms. The summed E-state index contributed by atoms with van der Waals surface area (Å²) in [6.07, 6.45) is 1.10. The van der Waals surface area contributed by atoms with Gasteiger partial charge in [0.2, 0.25) is 0 Å². The molecule has 36 heavy (non-hydrogen) atoms. The number of allylic oxidation sites excluding steroid dienone is 1. The van der Waals surface area contributed by atoms with E-state index in [9.17, 15) is 14.6 Å². The Hall–Kier alpha value is -3.51. The molecule has 188 valence electrons. The lowest BCUT2D eigenvalue weighted by Gasteiger charge is -2.31. The van der Waals surface area contributed by atoms with Crippen LogP contribution in [0, 0.1) is 0 Å². The molecule has 0 aliphatic carbocycles. The summed E-state index contributed by atoms with van der Waals surface area (Å²) in [5.74, 6) is 1.84. The highest BCUT2D eigenvalue weighted by Crippen LogP contribution is 2.47. The van der Waals surface area contributed by atoms with Crippen molar-refractivity contribution in [3.63, 3.8) is 0 Å². The molecule has 2 aliphatic rings. The minimum Gasteiger partial charge on any atom is -0.508 e. The van der Waals surface area contributed by atoms with Gasteiger partial charge in [-0.05, 0) is 91.9 Å². The summed E-state index contributed by atoms with van der Waals surface area (Å²) in [6, 6.07) is 20.1. The lowest BCUT2D eigenvalue weighted by Crippen LogP contribution is -2.29. The van der Waals surface area contributed by atoms with Crippen LogP contribution in [0.1, 0.15) is 49.0 Å². The van der Waals surface area contributed by atoms with Crippen molar-refractivity contribution in [2.45, 2.75) is 38.5 Å². The van der Waals surface area contributed by atoms with E-state index in [4.69, 9.17) is 9.47 Å². The molecule has 2 heterocycles. The predicted molar refractivity (Wildman–Crippen MR) is 139 cm³/mol. The predicted octanol–water partition coefficient (Wildman–Crippen LogP) is 6.37. The quantitative estimate of drug-likeness (QED) is 0.422. The molecular weight excluding hydrogens is 457 g/mol. The Morgan fingerprint density at radius 2 is 1.78 bits per heavy atom. The molecule has 0 aromatic heterocycles. The first-order chi connectivity index (χ1) is 17.5. The summed E-state index contributed by atoms with van der Waals surface area (Å²) in [4.78, 5) is 2.27. The first-order valence-corrected chi connectivity index (χ1v) is 12.6. The summed E-state index contributed by atoms with van der Waals surface area (Å²) < 4.78 is 26.0. The number of hydrogen-bond donors (Lipinski definition) is 2. The summed E-state index contributed by atoms with van der Waals surface area (Å²) in [5, 5.41) is 20.2. The zero-order valence-electron chi connectivity index (χ0n) is 20.5. The molecule has 1 unspecified atom stereocenters. The van der Waals surface area contributed by atoms with E-state index in [1.165, 1.54) is 0 Å². The van der Waals surface area contributed by atoms with Gasteiger partial charge in [0.15, 0.2) is 0 Å². The number of phenolic OH excluding ortho intramolecular Hbond substituents is 2. The maximum Gasteiger partial charge on any atom is 0.150 e. The van der Waals surface area contributed by atoms with Gasteiger partial charge in [0.05, 0.1) is 0 Å². The van der Waals surface area contributed by atoms with Gasteiger partial charge in [-0.3, -0.25) is 4.90 Å². The van der Waals surface area contributed by atoms with Crippen molar-refractivity contribution in [3.05, 3.63) is 83.4 Å². The van der Waals surface area contributed by atoms with Gasteiger partial charge in [-0.1, -0.05) is 24.3 Å². The second-order valence-corrected chi connectivity index (χ2v) is 9.55. The van der Waals surface area contributed by atoms with Gasteiger partial charge < -0.3 is 19.7 Å². The van der Waals surface area contributed by atoms with Crippen LogP contribution in [0.5, 0.6) is 23.0 Å². The smallest absolute Gasteiger partial charge is 0.150 e. The summed E-state index contributed by atoms with van der Waals surface area (Å²) in [7, 11) is 0. The molecule has 3 aromatic carbocycles. The molecule has 2 atom stereocenters. The van der Waals surface area contributed by atoms with Crippen LogP contribution < -0.4 is 9.47 Å². The molecule has 5 rings (SSSR count). The van der Waals surface area contributed by atoms with Gasteiger partial charge in [-0.25, -0.2) is 4.39 Å². The van der Waals surface area contributed by atoms with Crippen LogP contribution in [0.4, 0.5) is 4.39 Å². The van der Waals surface area contributed by atoms with Crippen LogP contribution in [-0.2, 0) is 0 Å². The summed E-state index contributed by atoms with van der Waals surface area (Å²) in [5.41, 5.74) is 4.57. The monoisotopic (exact) mass is 489 g/mol. The SMILES string of the molecule is CC1=C(c2cccc(O)c2)C(c2ccc(OCCN3CCC[C@@H](F)CC3)cc2)Oc2ccc(O)cc21. The van der Waals surface area contributed by atoms with Crippen LogP contribution in [0.3, 0.4) is 0 Å². The molecule has 6 heteroatoms. The number of phenols is 2. The van der Waals surface area contributed by atoms with Gasteiger partial charge >= 0.3 is 0 Å². The van der Waals surface area contributed by atoms with E-state index in [1.54, 1.807) is 30.3 Å². The number of aromatic hydroxyl groups is 2. The number of nitrogens with zero attached hydrogens (tertiary/aromatic N) is 1. The number of hydrogen-bond acceptors (Lipinski definition) is 5. The number of benzene rings is 3. The largest absolute Gasteiger partial charge is 0.508 e. The molecule has 0 radical (unpaired) electrons. The Bertz CT molecular complexity index is 1240. The minimum atomic E-state index is -0.675. The number of alkyl halides is 1. The fraction of sp³-hybridized carbons (Fsp3) is 0.333. The van der Waals surface area contributed by atoms with E-state index < -0.39 is 6.17 Å². The van der Waals surface area contributed by atoms with Crippen LogP contribution in [0.25, 0.3) is 11.1 Å². The maximum atomic E-state index is 13.6. The highest BCUT2D eigenvalue weighted by molar-refractivity contribution is 5.95. The van der Waals surface area contributed by atoms with E-state index in [-0.39, 0.29) is 17.6 Å².